The van der Waals surface area contributed by atoms with Crippen LogP contribution in [0.25, 0.3) is 0 Å². The largest absolute Gasteiger partial charge is 3.00 e. The van der Waals surface area contributed by atoms with Crippen molar-refractivity contribution in [3.63, 3.8) is 0 Å². The van der Waals surface area contributed by atoms with Crippen molar-refractivity contribution < 1.29 is 30.6 Å². The Labute approximate surface area is 188 Å². The van der Waals surface area contributed by atoms with E-state index in [0.29, 0.717) is 0 Å². The van der Waals surface area contributed by atoms with Gasteiger partial charge in [0, 0.05) is 0 Å². The van der Waals surface area contributed by atoms with Crippen molar-refractivity contribution in [3.8, 4) is 34.5 Å². The summed E-state index contributed by atoms with van der Waals surface area (Å²) in [5.74, 6) is -2.62. The maximum absolute atomic E-state index is 10.3. The molecular formula is C18H12In2O6. The first-order valence-corrected chi connectivity index (χ1v) is 6.71. The Hall–Kier alpha value is -1.80. The fraction of sp³-hybridized carbons (Fsp3) is 0. The van der Waals surface area contributed by atoms with Gasteiger partial charge < -0.3 is 30.6 Å². The van der Waals surface area contributed by atoms with Crippen molar-refractivity contribution in [1.29, 1.82) is 0 Å². The number of hydrogen-bond acceptors (Lipinski definition) is 6. The van der Waals surface area contributed by atoms with E-state index >= 15 is 0 Å². The van der Waals surface area contributed by atoms with Crippen LogP contribution in [0.4, 0.5) is 0 Å². The monoisotopic (exact) mass is 554 g/mol. The van der Waals surface area contributed by atoms with Crippen molar-refractivity contribution in [2.45, 2.75) is 0 Å². The van der Waals surface area contributed by atoms with Crippen molar-refractivity contribution >= 4 is 51.7 Å². The maximum atomic E-state index is 10.3. The Morgan fingerprint density at radius 1 is 0.308 bits per heavy atom. The van der Waals surface area contributed by atoms with E-state index in [4.69, 9.17) is 0 Å². The summed E-state index contributed by atoms with van der Waals surface area (Å²) in [7, 11) is 0. The number of benzene rings is 3. The Morgan fingerprint density at radius 2 is 0.423 bits per heavy atom. The fourth-order valence-corrected chi connectivity index (χ4v) is 1.35. The molecular weight excluding hydrogens is 542 g/mol. The smallest absolute Gasteiger partial charge is 0.873 e. The molecule has 0 radical (unpaired) electrons. The first-order chi connectivity index (χ1) is 11.4. The van der Waals surface area contributed by atoms with Crippen molar-refractivity contribution in [1.82, 2.24) is 0 Å². The van der Waals surface area contributed by atoms with E-state index < -0.39 is 34.5 Å². The van der Waals surface area contributed by atoms with Crippen LogP contribution in [0.3, 0.4) is 0 Å². The first-order valence-electron chi connectivity index (χ1n) is 6.71. The van der Waals surface area contributed by atoms with E-state index in [-0.39, 0.29) is 51.7 Å². The van der Waals surface area contributed by atoms with Gasteiger partial charge in [-0.05, 0) is 0 Å². The van der Waals surface area contributed by atoms with Gasteiger partial charge in [-0.1, -0.05) is 72.8 Å². The van der Waals surface area contributed by atoms with Gasteiger partial charge in [0.15, 0.2) is 0 Å². The molecule has 0 bridgehead atoms. The average molecular weight is 554 g/mol. The van der Waals surface area contributed by atoms with Gasteiger partial charge in [-0.25, -0.2) is 0 Å². The standard InChI is InChI=1S/3C6H6O2.2In/c3*7-5-3-1-2-4-6(5)8;;/h3*1-4,7-8H;;/q;;;2*+3/p-6. The molecule has 0 fully saturated rings. The van der Waals surface area contributed by atoms with Crippen LogP contribution in [0, 0.1) is 0 Å². The molecule has 8 heteroatoms. The normalized spacial score (nSPS) is 8.31. The average Bonchev–Trinajstić information content (AvgIpc) is 2.57. The van der Waals surface area contributed by atoms with E-state index in [1.165, 1.54) is 36.4 Å². The summed E-state index contributed by atoms with van der Waals surface area (Å²) in [6.45, 7) is 0. The van der Waals surface area contributed by atoms with Gasteiger partial charge in [0.05, 0.1) is 0 Å². The first kappa shape index (κ1) is 26.4. The molecule has 0 unspecified atom stereocenters. The third-order valence-electron chi connectivity index (χ3n) is 2.55. The van der Waals surface area contributed by atoms with Crippen LogP contribution in [0.1, 0.15) is 0 Å². The minimum atomic E-state index is -0.437. The third kappa shape index (κ3) is 10.3. The number of para-hydroxylation sites is 6. The molecule has 0 heterocycles. The van der Waals surface area contributed by atoms with Gasteiger partial charge >= 0.3 is 51.7 Å². The minimum absolute atomic E-state index is 0. The van der Waals surface area contributed by atoms with Crippen LogP contribution in [0.15, 0.2) is 72.8 Å². The molecule has 0 N–H and O–H groups in total. The van der Waals surface area contributed by atoms with Crippen LogP contribution < -0.4 is 30.6 Å². The molecule has 0 aliphatic carbocycles. The summed E-state index contributed by atoms with van der Waals surface area (Å²) in [6.07, 6.45) is 0. The Kier molecular flexibility index (Phi) is 14.6. The second-order valence-corrected chi connectivity index (χ2v) is 4.34. The van der Waals surface area contributed by atoms with Gasteiger partial charge in [-0.15, -0.1) is 34.5 Å². The predicted molar refractivity (Wildman–Crippen MR) is 87.5 cm³/mol. The SMILES string of the molecule is [In+3].[In+3].[O-]c1ccccc1[O-].[O-]c1ccccc1[O-].[O-]c1ccccc1[O-]. The van der Waals surface area contributed by atoms with Crippen LogP contribution in [0.5, 0.6) is 34.5 Å². The number of hydrogen-bond donors (Lipinski definition) is 0. The molecule has 3 aromatic carbocycles. The van der Waals surface area contributed by atoms with E-state index in [1.54, 1.807) is 36.4 Å². The zero-order valence-corrected chi connectivity index (χ0v) is 20.1. The Bertz CT molecular complexity index is 602. The van der Waals surface area contributed by atoms with E-state index in [9.17, 15) is 30.6 Å². The zero-order valence-electron chi connectivity index (χ0n) is 13.5. The second kappa shape index (κ2) is 14.4. The minimum Gasteiger partial charge on any atom is -0.873 e. The summed E-state index contributed by atoms with van der Waals surface area (Å²) in [6, 6.07) is 16.8. The molecule has 0 spiro atoms. The summed E-state index contributed by atoms with van der Waals surface area (Å²) < 4.78 is 0. The van der Waals surface area contributed by atoms with Crippen molar-refractivity contribution in [2.24, 2.45) is 0 Å². The molecule has 126 valence electrons. The predicted octanol–water partition coefficient (Wildman–Crippen LogP) is -1.26. The van der Waals surface area contributed by atoms with Gasteiger partial charge in [0.25, 0.3) is 0 Å². The number of rotatable bonds is 0. The summed E-state index contributed by atoms with van der Waals surface area (Å²) in [5.41, 5.74) is 0. The van der Waals surface area contributed by atoms with Gasteiger partial charge in [0.1, 0.15) is 0 Å². The molecule has 0 aliphatic rings. The van der Waals surface area contributed by atoms with Gasteiger partial charge in [-0.3, -0.25) is 0 Å². The topological polar surface area (TPSA) is 138 Å². The van der Waals surface area contributed by atoms with E-state index in [0.717, 1.165) is 0 Å². The van der Waals surface area contributed by atoms with Gasteiger partial charge in [-0.2, -0.15) is 0 Å². The summed E-state index contributed by atoms with van der Waals surface area (Å²) in [4.78, 5) is 0. The summed E-state index contributed by atoms with van der Waals surface area (Å²) in [5, 5.41) is 61.8. The molecule has 0 saturated heterocycles. The Morgan fingerprint density at radius 3 is 0.500 bits per heavy atom. The van der Waals surface area contributed by atoms with Crippen molar-refractivity contribution in [3.05, 3.63) is 72.8 Å². The molecule has 3 aromatic rings. The summed E-state index contributed by atoms with van der Waals surface area (Å²) >= 11 is 0. The molecule has 0 aromatic heterocycles. The molecule has 0 atom stereocenters. The molecule has 3 rings (SSSR count). The third-order valence-corrected chi connectivity index (χ3v) is 2.55. The second-order valence-electron chi connectivity index (χ2n) is 4.34. The van der Waals surface area contributed by atoms with Crippen LogP contribution >= 0.6 is 0 Å². The van der Waals surface area contributed by atoms with E-state index in [1.807, 2.05) is 0 Å². The fourth-order valence-electron chi connectivity index (χ4n) is 1.35. The Balaban J connectivity index is 0. The van der Waals surface area contributed by atoms with Gasteiger partial charge in [0.2, 0.25) is 0 Å². The van der Waals surface area contributed by atoms with E-state index in [2.05, 4.69) is 0 Å². The molecule has 0 saturated carbocycles. The molecule has 0 amide bonds. The van der Waals surface area contributed by atoms with Crippen molar-refractivity contribution in [2.75, 3.05) is 0 Å². The van der Waals surface area contributed by atoms with Crippen LogP contribution in [0.2, 0.25) is 0 Å². The quantitative estimate of drug-likeness (QED) is 0.341. The van der Waals surface area contributed by atoms with Crippen LogP contribution in [-0.4, -0.2) is 51.7 Å². The molecule has 26 heavy (non-hydrogen) atoms. The van der Waals surface area contributed by atoms with Crippen LogP contribution in [-0.2, 0) is 0 Å². The maximum Gasteiger partial charge on any atom is 3.00 e. The zero-order chi connectivity index (χ0) is 17.9. The molecule has 0 aliphatic heterocycles. The molecule has 6 nitrogen and oxygen atoms in total.